The largest absolute Gasteiger partial charge is 0.316 e. The number of nitrogens with one attached hydrogen (secondary N) is 2. The zero-order chi connectivity index (χ0) is 14.8. The molecule has 0 aromatic carbocycles. The number of pyridine rings is 1. The number of hydrogen-bond donors (Lipinski definition) is 2. The predicted molar refractivity (Wildman–Crippen MR) is 79.4 cm³/mol. The van der Waals surface area contributed by atoms with Gasteiger partial charge in [0.2, 0.25) is 0 Å². The Bertz CT molecular complexity index is 673. The van der Waals surface area contributed by atoms with Crippen molar-refractivity contribution in [3.05, 3.63) is 34.5 Å². The molecule has 0 aliphatic rings. The molecule has 2 heterocycles. The third kappa shape index (κ3) is 3.33. The van der Waals surface area contributed by atoms with Gasteiger partial charge in [0.15, 0.2) is 10.2 Å². The van der Waals surface area contributed by atoms with Crippen LogP contribution in [0, 0.1) is 13.8 Å². The molecule has 0 saturated carbocycles. The van der Waals surface area contributed by atoms with Crippen LogP contribution in [0.5, 0.6) is 0 Å². The fraction of sp³-hybridized carbons (Fsp3) is 0.333. The lowest BCUT2D eigenvalue weighted by Crippen LogP contribution is -2.15. The molecular formula is C12H16N4O2S2. The van der Waals surface area contributed by atoms with Gasteiger partial charge in [0, 0.05) is 17.6 Å². The number of aryl methyl sites for hydroxylation is 2. The molecule has 2 rings (SSSR count). The smallest absolute Gasteiger partial charge is 0.281 e. The van der Waals surface area contributed by atoms with Gasteiger partial charge in [-0.2, -0.15) is 8.42 Å². The average molecular weight is 312 g/mol. The van der Waals surface area contributed by atoms with Crippen LogP contribution < -0.4 is 10.0 Å². The number of rotatable bonds is 5. The maximum Gasteiger partial charge on any atom is 0.281 e. The van der Waals surface area contributed by atoms with E-state index in [-0.39, 0.29) is 5.03 Å². The van der Waals surface area contributed by atoms with Crippen molar-refractivity contribution in [1.29, 1.82) is 0 Å². The van der Waals surface area contributed by atoms with Crippen molar-refractivity contribution in [2.45, 2.75) is 25.4 Å². The minimum absolute atomic E-state index is 0.0112. The van der Waals surface area contributed by atoms with Crippen LogP contribution >= 0.6 is 11.3 Å². The van der Waals surface area contributed by atoms with Crippen LogP contribution in [0.2, 0.25) is 0 Å². The summed E-state index contributed by atoms with van der Waals surface area (Å²) in [5, 5.41) is 3.33. The van der Waals surface area contributed by atoms with E-state index in [4.69, 9.17) is 0 Å². The Morgan fingerprint density at radius 2 is 2.05 bits per heavy atom. The molecule has 2 aromatic rings. The molecule has 8 heteroatoms. The fourth-order valence-electron chi connectivity index (χ4n) is 1.56. The van der Waals surface area contributed by atoms with Crippen molar-refractivity contribution in [2.24, 2.45) is 0 Å². The Balaban J connectivity index is 2.21. The number of nitrogens with zero attached hydrogens (tertiary/aromatic N) is 2. The van der Waals surface area contributed by atoms with E-state index in [1.54, 1.807) is 12.3 Å². The number of sulfonamides is 1. The molecule has 6 nitrogen and oxygen atoms in total. The minimum atomic E-state index is -3.68. The minimum Gasteiger partial charge on any atom is -0.316 e. The van der Waals surface area contributed by atoms with Crippen LogP contribution in [0.3, 0.4) is 0 Å². The Morgan fingerprint density at radius 1 is 1.30 bits per heavy atom. The van der Waals surface area contributed by atoms with Gasteiger partial charge in [-0.15, -0.1) is 11.3 Å². The van der Waals surface area contributed by atoms with Crippen LogP contribution in [0.15, 0.2) is 23.4 Å². The van der Waals surface area contributed by atoms with Gasteiger partial charge in [0.05, 0.1) is 5.69 Å². The summed E-state index contributed by atoms with van der Waals surface area (Å²) in [7, 11) is -1.86. The van der Waals surface area contributed by atoms with Gasteiger partial charge >= 0.3 is 0 Å². The predicted octanol–water partition coefficient (Wildman–Crippen LogP) is 1.68. The Hall–Kier alpha value is -1.51. The highest BCUT2D eigenvalue weighted by atomic mass is 32.2. The van der Waals surface area contributed by atoms with Gasteiger partial charge < -0.3 is 5.32 Å². The Kier molecular flexibility index (Phi) is 4.36. The number of hydrogen-bond acceptors (Lipinski definition) is 6. The molecule has 0 saturated heterocycles. The van der Waals surface area contributed by atoms with E-state index >= 15 is 0 Å². The topological polar surface area (TPSA) is 84.0 Å². The summed E-state index contributed by atoms with van der Waals surface area (Å²) in [5.74, 6) is 0. The second-order valence-corrected chi connectivity index (χ2v) is 7.13. The molecule has 0 aliphatic carbocycles. The first-order valence-corrected chi connectivity index (χ1v) is 8.28. The van der Waals surface area contributed by atoms with E-state index < -0.39 is 10.0 Å². The van der Waals surface area contributed by atoms with Crippen LogP contribution in [-0.2, 0) is 16.6 Å². The van der Waals surface area contributed by atoms with Gasteiger partial charge in [0.25, 0.3) is 10.0 Å². The van der Waals surface area contributed by atoms with Crippen LogP contribution in [0.1, 0.15) is 16.1 Å². The first kappa shape index (κ1) is 14.9. The van der Waals surface area contributed by atoms with Gasteiger partial charge in [0.1, 0.15) is 0 Å². The maximum atomic E-state index is 12.2. The van der Waals surface area contributed by atoms with Crippen LogP contribution in [0.25, 0.3) is 0 Å². The van der Waals surface area contributed by atoms with Crippen molar-refractivity contribution in [2.75, 3.05) is 11.8 Å². The second-order valence-electron chi connectivity index (χ2n) is 4.30. The molecule has 0 aliphatic heterocycles. The van der Waals surface area contributed by atoms with Crippen molar-refractivity contribution < 1.29 is 8.42 Å². The van der Waals surface area contributed by atoms with Crippen molar-refractivity contribution in [3.63, 3.8) is 0 Å². The normalized spacial score (nSPS) is 11.6. The monoisotopic (exact) mass is 312 g/mol. The molecule has 108 valence electrons. The summed E-state index contributed by atoms with van der Waals surface area (Å²) >= 11 is 1.31. The highest BCUT2D eigenvalue weighted by Gasteiger charge is 2.18. The highest BCUT2D eigenvalue weighted by molar-refractivity contribution is 7.92. The quantitative estimate of drug-likeness (QED) is 0.877. The SMILES string of the molecule is CNCc1ccc(S(=O)(=O)Nc2nc(C)c(C)s2)nc1. The number of anilines is 1. The first-order valence-electron chi connectivity index (χ1n) is 5.99. The summed E-state index contributed by atoms with van der Waals surface area (Å²) in [6, 6.07) is 3.22. The third-order valence-electron chi connectivity index (χ3n) is 2.70. The van der Waals surface area contributed by atoms with E-state index in [1.807, 2.05) is 20.9 Å². The molecule has 0 radical (unpaired) electrons. The summed E-state index contributed by atoms with van der Waals surface area (Å²) < 4.78 is 26.8. The maximum absolute atomic E-state index is 12.2. The average Bonchev–Trinajstić information content (AvgIpc) is 2.68. The van der Waals surface area contributed by atoms with Gasteiger partial charge in [-0.25, -0.2) is 9.97 Å². The van der Waals surface area contributed by atoms with Crippen LogP contribution in [-0.4, -0.2) is 25.4 Å². The standard InChI is InChI=1S/C12H16N4O2S2/c1-8-9(2)19-12(15-8)16-20(17,18)11-5-4-10(6-13-3)7-14-11/h4-5,7,13H,6H2,1-3H3,(H,15,16). The molecule has 2 N–H and O–H groups in total. The molecule has 20 heavy (non-hydrogen) atoms. The molecule has 0 spiro atoms. The zero-order valence-corrected chi connectivity index (χ0v) is 13.1. The lowest BCUT2D eigenvalue weighted by molar-refractivity contribution is 0.597. The zero-order valence-electron chi connectivity index (χ0n) is 11.5. The third-order valence-corrected chi connectivity index (χ3v) is 5.08. The molecule has 2 aromatic heterocycles. The second kappa shape index (κ2) is 5.86. The van der Waals surface area contributed by atoms with Crippen molar-refractivity contribution in [1.82, 2.24) is 15.3 Å². The van der Waals surface area contributed by atoms with Gasteiger partial charge in [-0.3, -0.25) is 4.72 Å². The van der Waals surface area contributed by atoms with E-state index in [0.29, 0.717) is 11.7 Å². The fourth-order valence-corrected chi connectivity index (χ4v) is 3.54. The van der Waals surface area contributed by atoms with Gasteiger partial charge in [-0.1, -0.05) is 6.07 Å². The van der Waals surface area contributed by atoms with E-state index in [2.05, 4.69) is 20.0 Å². The summed E-state index contributed by atoms with van der Waals surface area (Å²) in [5.41, 5.74) is 1.75. The summed E-state index contributed by atoms with van der Waals surface area (Å²) in [6.45, 7) is 4.38. The van der Waals surface area contributed by atoms with Gasteiger partial charge in [-0.05, 0) is 32.5 Å². The van der Waals surface area contributed by atoms with Crippen LogP contribution in [0.4, 0.5) is 5.13 Å². The lowest BCUT2D eigenvalue weighted by Gasteiger charge is -2.05. The number of thiazole rings is 1. The molecule has 0 amide bonds. The molecule has 0 bridgehead atoms. The summed E-state index contributed by atoms with van der Waals surface area (Å²) in [6.07, 6.45) is 1.55. The van der Waals surface area contributed by atoms with Crippen molar-refractivity contribution in [3.8, 4) is 0 Å². The highest BCUT2D eigenvalue weighted by Crippen LogP contribution is 2.23. The Morgan fingerprint density at radius 3 is 2.55 bits per heavy atom. The molecule has 0 fully saturated rings. The molecule has 0 atom stereocenters. The number of aromatic nitrogens is 2. The van der Waals surface area contributed by atoms with E-state index in [9.17, 15) is 8.42 Å². The van der Waals surface area contributed by atoms with E-state index in [1.165, 1.54) is 17.4 Å². The lowest BCUT2D eigenvalue weighted by atomic mass is 10.3. The van der Waals surface area contributed by atoms with Crippen molar-refractivity contribution >= 4 is 26.5 Å². The molecular weight excluding hydrogens is 296 g/mol. The molecule has 0 unspecified atom stereocenters. The first-order chi connectivity index (χ1) is 9.42. The van der Waals surface area contributed by atoms with E-state index in [0.717, 1.165) is 16.1 Å². The summed E-state index contributed by atoms with van der Waals surface area (Å²) in [4.78, 5) is 9.13. The Labute approximate surface area is 122 Å².